The van der Waals surface area contributed by atoms with Gasteiger partial charge < -0.3 is 9.14 Å². The van der Waals surface area contributed by atoms with Gasteiger partial charge in [-0.05, 0) is 40.2 Å². The van der Waals surface area contributed by atoms with Crippen LogP contribution in [0.2, 0.25) is 0 Å². The fourth-order valence-corrected chi connectivity index (χ4v) is 1.78. The average molecular weight is 254 g/mol. The van der Waals surface area contributed by atoms with Crippen LogP contribution in [0.3, 0.4) is 0 Å². The third-order valence-corrected chi connectivity index (χ3v) is 2.67. The minimum Gasteiger partial charge on any atom is -0.465 e. The zero-order chi connectivity index (χ0) is 10.1. The molecule has 3 nitrogen and oxygen atoms in total. The Labute approximate surface area is 89.4 Å². The molecule has 0 N–H and O–H groups in total. The van der Waals surface area contributed by atoms with Crippen molar-refractivity contribution in [3.8, 4) is 0 Å². The van der Waals surface area contributed by atoms with E-state index in [-0.39, 0.29) is 5.97 Å². The lowest BCUT2D eigenvalue weighted by atomic mass is 10.2. The van der Waals surface area contributed by atoms with Gasteiger partial charge in [-0.2, -0.15) is 0 Å². The first-order valence-corrected chi connectivity index (χ1v) is 4.86. The SMILES string of the molecule is COC(=O)c1ccn2c(Br)ccc2c1. The van der Waals surface area contributed by atoms with Gasteiger partial charge in [0.1, 0.15) is 0 Å². The molecule has 0 unspecified atom stereocenters. The van der Waals surface area contributed by atoms with Crippen LogP contribution in [0.5, 0.6) is 0 Å². The third-order valence-electron chi connectivity index (χ3n) is 2.03. The lowest BCUT2D eigenvalue weighted by molar-refractivity contribution is 0.0601. The quantitative estimate of drug-likeness (QED) is 0.732. The number of halogens is 1. The summed E-state index contributed by atoms with van der Waals surface area (Å²) in [6, 6.07) is 7.37. The van der Waals surface area contributed by atoms with Crippen molar-refractivity contribution >= 4 is 27.4 Å². The number of fused-ring (bicyclic) bond motifs is 1. The fourth-order valence-electron chi connectivity index (χ4n) is 1.32. The van der Waals surface area contributed by atoms with Crippen molar-refractivity contribution < 1.29 is 9.53 Å². The molecule has 0 aromatic carbocycles. The smallest absolute Gasteiger partial charge is 0.337 e. The van der Waals surface area contributed by atoms with Gasteiger partial charge in [0, 0.05) is 11.7 Å². The molecule has 0 aliphatic heterocycles. The summed E-state index contributed by atoms with van der Waals surface area (Å²) in [7, 11) is 1.38. The summed E-state index contributed by atoms with van der Waals surface area (Å²) in [6.07, 6.45) is 1.83. The normalized spacial score (nSPS) is 10.4. The largest absolute Gasteiger partial charge is 0.465 e. The number of methoxy groups -OCH3 is 1. The van der Waals surface area contributed by atoms with E-state index in [4.69, 9.17) is 0 Å². The Balaban J connectivity index is 2.57. The number of ether oxygens (including phenoxy) is 1. The molecule has 0 spiro atoms. The summed E-state index contributed by atoms with van der Waals surface area (Å²) in [5.41, 5.74) is 1.52. The lowest BCUT2D eigenvalue weighted by Gasteiger charge is -2.00. The zero-order valence-electron chi connectivity index (χ0n) is 7.53. The first-order valence-electron chi connectivity index (χ1n) is 4.07. The van der Waals surface area contributed by atoms with Gasteiger partial charge in [-0.1, -0.05) is 0 Å². The van der Waals surface area contributed by atoms with Crippen LogP contribution in [-0.2, 0) is 4.74 Å². The Bertz CT molecular complexity index is 490. The van der Waals surface area contributed by atoms with Gasteiger partial charge in [0.15, 0.2) is 0 Å². The molecular weight excluding hydrogens is 246 g/mol. The van der Waals surface area contributed by atoms with Crippen LogP contribution in [0, 0.1) is 0 Å². The molecular formula is C10H8BrNO2. The van der Waals surface area contributed by atoms with Crippen LogP contribution >= 0.6 is 15.9 Å². The zero-order valence-corrected chi connectivity index (χ0v) is 9.11. The second-order valence-corrected chi connectivity index (χ2v) is 3.67. The van der Waals surface area contributed by atoms with E-state index < -0.39 is 0 Å². The highest BCUT2D eigenvalue weighted by atomic mass is 79.9. The number of rotatable bonds is 1. The predicted molar refractivity (Wildman–Crippen MR) is 56.4 cm³/mol. The molecule has 0 radical (unpaired) electrons. The van der Waals surface area contributed by atoms with Gasteiger partial charge >= 0.3 is 5.97 Å². The molecule has 0 fully saturated rings. The van der Waals surface area contributed by atoms with E-state index in [1.165, 1.54) is 7.11 Å². The van der Waals surface area contributed by atoms with Gasteiger partial charge in [0.25, 0.3) is 0 Å². The highest BCUT2D eigenvalue weighted by molar-refractivity contribution is 9.10. The maximum atomic E-state index is 11.2. The second-order valence-electron chi connectivity index (χ2n) is 2.86. The van der Waals surface area contributed by atoms with E-state index in [0.29, 0.717) is 5.56 Å². The standard InChI is InChI=1S/C10H8BrNO2/c1-14-10(13)7-4-5-12-8(6-7)2-3-9(12)11/h2-6H,1H3. The topological polar surface area (TPSA) is 30.7 Å². The van der Waals surface area contributed by atoms with Crippen molar-refractivity contribution in [1.29, 1.82) is 0 Å². The molecule has 0 aliphatic carbocycles. The van der Waals surface area contributed by atoms with Crippen molar-refractivity contribution in [2.45, 2.75) is 0 Å². The molecule has 2 aromatic rings. The Morgan fingerprint density at radius 1 is 1.43 bits per heavy atom. The van der Waals surface area contributed by atoms with Gasteiger partial charge in [0.05, 0.1) is 17.3 Å². The van der Waals surface area contributed by atoms with Gasteiger partial charge in [-0.3, -0.25) is 0 Å². The minimum absolute atomic E-state index is 0.315. The fraction of sp³-hybridized carbons (Fsp3) is 0.100. The summed E-state index contributed by atoms with van der Waals surface area (Å²) in [5.74, 6) is -0.315. The maximum Gasteiger partial charge on any atom is 0.337 e. The number of carbonyl (C=O) groups excluding carboxylic acids is 1. The summed E-state index contributed by atoms with van der Waals surface area (Å²) in [6.45, 7) is 0. The van der Waals surface area contributed by atoms with E-state index in [2.05, 4.69) is 20.7 Å². The molecule has 0 atom stereocenters. The Hall–Kier alpha value is -1.29. The van der Waals surface area contributed by atoms with Crippen molar-refractivity contribution in [1.82, 2.24) is 4.40 Å². The van der Waals surface area contributed by atoms with Crippen molar-refractivity contribution in [3.63, 3.8) is 0 Å². The molecule has 0 saturated carbocycles. The van der Waals surface area contributed by atoms with Gasteiger partial charge in [0.2, 0.25) is 0 Å². The second kappa shape index (κ2) is 3.46. The Kier molecular flexibility index (Phi) is 2.29. The molecule has 14 heavy (non-hydrogen) atoms. The van der Waals surface area contributed by atoms with Crippen molar-refractivity contribution in [2.75, 3.05) is 7.11 Å². The molecule has 4 heteroatoms. The molecule has 0 saturated heterocycles. The summed E-state index contributed by atoms with van der Waals surface area (Å²) in [5, 5.41) is 0. The number of pyridine rings is 1. The van der Waals surface area contributed by atoms with E-state index >= 15 is 0 Å². The first-order chi connectivity index (χ1) is 6.72. The van der Waals surface area contributed by atoms with Crippen LogP contribution in [-0.4, -0.2) is 17.5 Å². The van der Waals surface area contributed by atoms with Gasteiger partial charge in [-0.15, -0.1) is 0 Å². The summed E-state index contributed by atoms with van der Waals surface area (Å²) >= 11 is 3.39. The van der Waals surface area contributed by atoms with E-state index in [1.54, 1.807) is 12.1 Å². The highest BCUT2D eigenvalue weighted by Gasteiger charge is 2.06. The summed E-state index contributed by atoms with van der Waals surface area (Å²) in [4.78, 5) is 11.2. The van der Waals surface area contributed by atoms with Crippen molar-refractivity contribution in [3.05, 3.63) is 40.6 Å². The van der Waals surface area contributed by atoms with Crippen LogP contribution in [0.1, 0.15) is 10.4 Å². The lowest BCUT2D eigenvalue weighted by Crippen LogP contribution is -2.01. The number of carbonyl (C=O) groups is 1. The van der Waals surface area contributed by atoms with Gasteiger partial charge in [-0.25, -0.2) is 4.79 Å². The molecule has 0 bridgehead atoms. The maximum absolute atomic E-state index is 11.2. The van der Waals surface area contributed by atoms with E-state index in [0.717, 1.165) is 10.1 Å². The number of hydrogen-bond acceptors (Lipinski definition) is 2. The molecule has 0 amide bonds. The first kappa shape index (κ1) is 9.27. The number of hydrogen-bond donors (Lipinski definition) is 0. The molecule has 2 heterocycles. The van der Waals surface area contributed by atoms with Crippen molar-refractivity contribution in [2.24, 2.45) is 0 Å². The van der Waals surface area contributed by atoms with Crippen LogP contribution < -0.4 is 0 Å². The Morgan fingerprint density at radius 2 is 2.21 bits per heavy atom. The monoisotopic (exact) mass is 253 g/mol. The molecule has 72 valence electrons. The van der Waals surface area contributed by atoms with Crippen LogP contribution in [0.25, 0.3) is 5.52 Å². The average Bonchev–Trinajstić information content (AvgIpc) is 2.59. The van der Waals surface area contributed by atoms with Crippen LogP contribution in [0.15, 0.2) is 35.1 Å². The summed E-state index contributed by atoms with van der Waals surface area (Å²) < 4.78 is 7.53. The van der Waals surface area contributed by atoms with E-state index in [9.17, 15) is 4.79 Å². The molecule has 0 aliphatic rings. The molecule has 2 aromatic heterocycles. The predicted octanol–water partition coefficient (Wildman–Crippen LogP) is 2.49. The Morgan fingerprint density at radius 3 is 2.93 bits per heavy atom. The van der Waals surface area contributed by atoms with E-state index in [1.807, 2.05) is 22.7 Å². The number of aromatic nitrogens is 1. The minimum atomic E-state index is -0.315. The molecule has 2 rings (SSSR count). The number of esters is 1. The number of nitrogens with zero attached hydrogens (tertiary/aromatic N) is 1. The van der Waals surface area contributed by atoms with Crippen LogP contribution in [0.4, 0.5) is 0 Å². The third kappa shape index (κ3) is 1.42. The highest BCUT2D eigenvalue weighted by Crippen LogP contribution is 2.17.